The standard InChI is InChI=1S/C18H26N6O3S/c1-12(2)14(15(25)20-16(19)26)28-18-22-21-17(23-8-4-3-5-9-23)24(18)11-13-7-6-10-27-13/h6-7,10,12,14H,3-5,8-9,11H2,1-2H3,(H3,19,20,25,26)/t14-/m0/s1. The van der Waals surface area contributed by atoms with Crippen molar-refractivity contribution in [2.45, 2.75) is 50.1 Å². The van der Waals surface area contributed by atoms with Gasteiger partial charge in [-0.15, -0.1) is 10.2 Å². The summed E-state index contributed by atoms with van der Waals surface area (Å²) in [5.74, 6) is 1.09. The molecule has 0 aliphatic carbocycles. The number of carbonyl (C=O) groups is 2. The first-order valence-corrected chi connectivity index (χ1v) is 10.3. The molecule has 1 atom stereocenters. The van der Waals surface area contributed by atoms with Crippen molar-refractivity contribution < 1.29 is 14.0 Å². The van der Waals surface area contributed by atoms with Gasteiger partial charge in [-0.2, -0.15) is 0 Å². The quantitative estimate of drug-likeness (QED) is 0.677. The van der Waals surface area contributed by atoms with Gasteiger partial charge in [-0.3, -0.25) is 14.7 Å². The molecule has 0 unspecified atom stereocenters. The van der Waals surface area contributed by atoms with E-state index in [1.807, 2.05) is 30.5 Å². The summed E-state index contributed by atoms with van der Waals surface area (Å²) in [6.45, 7) is 6.15. The van der Waals surface area contributed by atoms with Crippen LogP contribution in [0.4, 0.5) is 10.7 Å². The zero-order valence-corrected chi connectivity index (χ0v) is 16.9. The Morgan fingerprint density at radius 2 is 2.04 bits per heavy atom. The van der Waals surface area contributed by atoms with Gasteiger partial charge in [0.25, 0.3) is 0 Å². The van der Waals surface area contributed by atoms with Gasteiger partial charge in [0.05, 0.1) is 18.1 Å². The van der Waals surface area contributed by atoms with Crippen molar-refractivity contribution in [3.63, 3.8) is 0 Å². The maximum atomic E-state index is 12.4. The second kappa shape index (κ2) is 9.13. The van der Waals surface area contributed by atoms with Crippen LogP contribution in [0.3, 0.4) is 0 Å². The van der Waals surface area contributed by atoms with Crippen LogP contribution in [0.5, 0.6) is 0 Å². The number of imide groups is 1. The minimum absolute atomic E-state index is 0.0310. The number of primary amides is 1. The molecule has 0 spiro atoms. The van der Waals surface area contributed by atoms with E-state index in [1.54, 1.807) is 6.26 Å². The summed E-state index contributed by atoms with van der Waals surface area (Å²) in [6, 6.07) is 2.88. The third kappa shape index (κ3) is 4.86. The number of carbonyl (C=O) groups excluding carboxylic acids is 2. The molecular formula is C18H26N6O3S. The van der Waals surface area contributed by atoms with Crippen molar-refractivity contribution in [2.75, 3.05) is 18.0 Å². The third-order valence-corrected chi connectivity index (χ3v) is 6.10. The number of anilines is 1. The predicted molar refractivity (Wildman–Crippen MR) is 106 cm³/mol. The van der Waals surface area contributed by atoms with Gasteiger partial charge in [-0.25, -0.2) is 4.79 Å². The summed E-state index contributed by atoms with van der Waals surface area (Å²) >= 11 is 1.28. The molecule has 0 radical (unpaired) electrons. The number of furan rings is 1. The fourth-order valence-electron chi connectivity index (χ4n) is 3.19. The number of urea groups is 1. The molecule has 152 valence electrons. The lowest BCUT2D eigenvalue weighted by atomic mass is 10.1. The average molecular weight is 407 g/mol. The molecular weight excluding hydrogens is 380 g/mol. The Morgan fingerprint density at radius 1 is 1.29 bits per heavy atom. The first-order chi connectivity index (χ1) is 13.5. The smallest absolute Gasteiger partial charge is 0.318 e. The number of amides is 3. The third-order valence-electron chi connectivity index (χ3n) is 4.57. The molecule has 1 fully saturated rings. The van der Waals surface area contributed by atoms with Crippen LogP contribution in [-0.2, 0) is 11.3 Å². The maximum Gasteiger partial charge on any atom is 0.318 e. The number of hydrogen-bond donors (Lipinski definition) is 2. The van der Waals surface area contributed by atoms with Crippen molar-refractivity contribution in [3.05, 3.63) is 24.2 Å². The van der Waals surface area contributed by atoms with E-state index in [0.717, 1.165) is 37.6 Å². The van der Waals surface area contributed by atoms with Gasteiger partial charge in [-0.05, 0) is 37.3 Å². The molecule has 2 aromatic heterocycles. The molecule has 1 aliphatic rings. The van der Waals surface area contributed by atoms with Crippen LogP contribution in [-0.4, -0.2) is 45.0 Å². The van der Waals surface area contributed by atoms with E-state index in [2.05, 4.69) is 20.4 Å². The highest BCUT2D eigenvalue weighted by Gasteiger charge is 2.29. The number of aromatic nitrogens is 3. The molecule has 0 saturated carbocycles. The first kappa shape index (κ1) is 20.2. The van der Waals surface area contributed by atoms with E-state index in [-0.39, 0.29) is 5.92 Å². The van der Waals surface area contributed by atoms with Gasteiger partial charge < -0.3 is 15.1 Å². The van der Waals surface area contributed by atoms with E-state index >= 15 is 0 Å². The Labute approximate surface area is 168 Å². The van der Waals surface area contributed by atoms with Crippen molar-refractivity contribution >= 4 is 29.6 Å². The summed E-state index contributed by atoms with van der Waals surface area (Å²) in [6.07, 6.45) is 5.08. The molecule has 10 heteroatoms. The van der Waals surface area contributed by atoms with Crippen LogP contribution >= 0.6 is 11.8 Å². The summed E-state index contributed by atoms with van der Waals surface area (Å²) in [5, 5.41) is 11.0. The van der Waals surface area contributed by atoms with E-state index in [1.165, 1.54) is 18.2 Å². The highest BCUT2D eigenvalue weighted by atomic mass is 32.2. The lowest BCUT2D eigenvalue weighted by Crippen LogP contribution is -2.42. The Balaban J connectivity index is 1.89. The minimum atomic E-state index is -0.859. The summed E-state index contributed by atoms with van der Waals surface area (Å²) in [7, 11) is 0. The van der Waals surface area contributed by atoms with E-state index in [0.29, 0.717) is 11.7 Å². The average Bonchev–Trinajstić information content (AvgIpc) is 3.30. The zero-order chi connectivity index (χ0) is 20.1. The molecule has 3 heterocycles. The monoisotopic (exact) mass is 406 g/mol. The Kier molecular flexibility index (Phi) is 6.61. The van der Waals surface area contributed by atoms with Crippen LogP contribution in [0.15, 0.2) is 28.0 Å². The lowest BCUT2D eigenvalue weighted by Gasteiger charge is -2.28. The number of hydrogen-bond acceptors (Lipinski definition) is 7. The van der Waals surface area contributed by atoms with Crippen molar-refractivity contribution in [1.82, 2.24) is 20.1 Å². The normalized spacial score (nSPS) is 15.6. The first-order valence-electron chi connectivity index (χ1n) is 9.43. The van der Waals surface area contributed by atoms with Gasteiger partial charge in [0.2, 0.25) is 11.9 Å². The highest BCUT2D eigenvalue weighted by molar-refractivity contribution is 8.00. The highest BCUT2D eigenvalue weighted by Crippen LogP contribution is 2.31. The molecule has 2 aromatic rings. The van der Waals surface area contributed by atoms with Gasteiger partial charge in [0.15, 0.2) is 5.16 Å². The zero-order valence-electron chi connectivity index (χ0n) is 16.1. The Bertz CT molecular complexity index is 798. The summed E-state index contributed by atoms with van der Waals surface area (Å²) in [4.78, 5) is 25.7. The Hall–Kier alpha value is -2.49. The predicted octanol–water partition coefficient (Wildman–Crippen LogP) is 2.22. The fourth-order valence-corrected chi connectivity index (χ4v) is 4.22. The van der Waals surface area contributed by atoms with E-state index in [4.69, 9.17) is 10.2 Å². The fraction of sp³-hybridized carbons (Fsp3) is 0.556. The van der Waals surface area contributed by atoms with Crippen LogP contribution in [0.1, 0.15) is 38.9 Å². The molecule has 3 amide bonds. The number of nitrogens with two attached hydrogens (primary N) is 1. The second-order valence-corrected chi connectivity index (χ2v) is 8.24. The molecule has 1 aliphatic heterocycles. The van der Waals surface area contributed by atoms with E-state index in [9.17, 15) is 9.59 Å². The number of nitrogens with one attached hydrogen (secondary N) is 1. The molecule has 1 saturated heterocycles. The van der Waals surface area contributed by atoms with Gasteiger partial charge in [0.1, 0.15) is 5.76 Å². The largest absolute Gasteiger partial charge is 0.467 e. The van der Waals surface area contributed by atoms with Crippen LogP contribution in [0.25, 0.3) is 0 Å². The lowest BCUT2D eigenvalue weighted by molar-refractivity contribution is -0.120. The van der Waals surface area contributed by atoms with Crippen LogP contribution in [0.2, 0.25) is 0 Å². The Morgan fingerprint density at radius 3 is 2.64 bits per heavy atom. The minimum Gasteiger partial charge on any atom is -0.467 e. The number of thioether (sulfide) groups is 1. The summed E-state index contributed by atoms with van der Waals surface area (Å²) < 4.78 is 7.49. The molecule has 3 N–H and O–H groups in total. The van der Waals surface area contributed by atoms with Gasteiger partial charge >= 0.3 is 6.03 Å². The number of rotatable bonds is 7. The number of piperidine rings is 1. The number of nitrogens with zero attached hydrogens (tertiary/aromatic N) is 4. The van der Waals surface area contributed by atoms with Crippen LogP contribution in [0, 0.1) is 5.92 Å². The molecule has 0 aromatic carbocycles. The second-order valence-electron chi connectivity index (χ2n) is 7.13. The van der Waals surface area contributed by atoms with Crippen molar-refractivity contribution in [2.24, 2.45) is 11.7 Å². The summed E-state index contributed by atoms with van der Waals surface area (Å²) in [5.41, 5.74) is 5.11. The molecule has 9 nitrogen and oxygen atoms in total. The SMILES string of the molecule is CC(C)[C@H](Sc1nnc(N2CCCCC2)n1Cc1ccco1)C(=O)NC(N)=O. The maximum absolute atomic E-state index is 12.4. The van der Waals surface area contributed by atoms with E-state index < -0.39 is 17.2 Å². The van der Waals surface area contributed by atoms with Gasteiger partial charge in [-0.1, -0.05) is 25.6 Å². The topological polar surface area (TPSA) is 119 Å². The van der Waals surface area contributed by atoms with Gasteiger partial charge in [0, 0.05) is 13.1 Å². The molecule has 28 heavy (non-hydrogen) atoms. The van der Waals surface area contributed by atoms with Crippen LogP contribution < -0.4 is 16.0 Å². The van der Waals surface area contributed by atoms with Crippen molar-refractivity contribution in [3.8, 4) is 0 Å². The molecule has 0 bridgehead atoms. The molecule has 3 rings (SSSR count). The van der Waals surface area contributed by atoms with Crippen molar-refractivity contribution in [1.29, 1.82) is 0 Å².